The molecule has 1 fully saturated rings. The van der Waals surface area contributed by atoms with E-state index in [4.69, 9.17) is 5.73 Å². The van der Waals surface area contributed by atoms with Crippen LogP contribution in [0.25, 0.3) is 0 Å². The van der Waals surface area contributed by atoms with Gasteiger partial charge in [0.05, 0.1) is 18.1 Å². The lowest BCUT2D eigenvalue weighted by atomic mass is 9.83. The molecule has 6 rings (SSSR count). The molecule has 0 bridgehead atoms. The largest absolute Gasteiger partial charge is 0.368 e. The Morgan fingerprint density at radius 3 is 1.86 bits per heavy atom. The fourth-order valence-electron chi connectivity index (χ4n) is 10.0. The number of benzene rings is 3. The molecule has 1 aliphatic carbocycles. The van der Waals surface area contributed by atoms with E-state index in [0.717, 1.165) is 30.4 Å². The monoisotopic (exact) mass is 1000 g/mol. The molecule has 3 aromatic rings. The number of aryl methyl sites for hydroxylation is 1. The molecule has 18 heteroatoms. The fraction of sp³-hybridized carbons (Fsp3) is 0.527. The Balaban J connectivity index is 1.15. The van der Waals surface area contributed by atoms with Gasteiger partial charge in [-0.3, -0.25) is 38.4 Å². The highest BCUT2D eigenvalue weighted by molar-refractivity contribution is 6.05. The van der Waals surface area contributed by atoms with Crippen molar-refractivity contribution in [2.75, 3.05) is 26.0 Å². The Hall–Kier alpha value is -6.66. The second-order valence-electron chi connectivity index (χ2n) is 22.3. The topological polar surface area (TPSA) is 253 Å². The summed E-state index contributed by atoms with van der Waals surface area (Å²) in [6.07, 6.45) is 2.83. The first kappa shape index (κ1) is 55.7. The fourth-order valence-corrected chi connectivity index (χ4v) is 10.0. The molecule has 2 heterocycles. The number of hydrogen-bond acceptors (Lipinski definition) is 10. The molecule has 18 nitrogen and oxygen atoms in total. The van der Waals surface area contributed by atoms with Crippen molar-refractivity contribution in [1.82, 2.24) is 41.7 Å². The average Bonchev–Trinajstić information content (AvgIpc) is 3.77. The number of hydrogen-bond donors (Lipinski definition) is 8. The summed E-state index contributed by atoms with van der Waals surface area (Å²) in [5.41, 5.74) is 9.05. The predicted molar refractivity (Wildman–Crippen MR) is 279 cm³/mol. The van der Waals surface area contributed by atoms with E-state index in [9.17, 15) is 38.4 Å². The van der Waals surface area contributed by atoms with Crippen LogP contribution in [0.2, 0.25) is 0 Å². The molecule has 8 atom stereocenters. The molecule has 0 saturated carbocycles. The third kappa shape index (κ3) is 13.1. The Kier molecular flexibility index (Phi) is 17.6. The van der Waals surface area contributed by atoms with Gasteiger partial charge in [-0.15, -0.1) is 0 Å². The number of anilines is 1. The molecule has 1 saturated heterocycles. The summed E-state index contributed by atoms with van der Waals surface area (Å²) < 4.78 is 0. The number of nitrogens with one attached hydrogen (secondary N) is 7. The molecule has 0 aromatic heterocycles. The Morgan fingerprint density at radius 2 is 1.27 bits per heavy atom. The first-order valence-corrected chi connectivity index (χ1v) is 25.4. The highest BCUT2D eigenvalue weighted by Crippen LogP contribution is 2.33. The quantitative estimate of drug-likeness (QED) is 0.104. The van der Waals surface area contributed by atoms with Gasteiger partial charge in [0.1, 0.15) is 24.2 Å². The van der Waals surface area contributed by atoms with Crippen molar-refractivity contribution in [1.29, 1.82) is 0 Å². The lowest BCUT2D eigenvalue weighted by molar-refractivity contribution is -0.146. The zero-order chi connectivity index (χ0) is 53.7. The minimum absolute atomic E-state index is 0.00838. The third-order valence-electron chi connectivity index (χ3n) is 14.4. The number of primary amides is 1. The van der Waals surface area contributed by atoms with Crippen LogP contribution in [0, 0.1) is 16.7 Å². The summed E-state index contributed by atoms with van der Waals surface area (Å²) >= 11 is 0. The third-order valence-corrected chi connectivity index (χ3v) is 14.4. The number of carbonyl (C=O) groups is 8. The SMILES string of the molecule is CNC(C(=O)N[C@H](C(=O)N1Cc2cc(NC(=O)c3ccc(C(=O)N[C@H]4C[C@@H](C(=O)N[C@@H]5CCCc6ccccc65)N(C(=O)C(NC(=O)[C@H](C)NC)C(C)(C)C)C4)cc3)ccc2C[C@H]1C(N)=O)C(C)(C)C)C(C)C. The summed E-state index contributed by atoms with van der Waals surface area (Å²) in [6, 6.07) is 13.5. The van der Waals surface area contributed by atoms with Gasteiger partial charge in [0.2, 0.25) is 35.4 Å². The minimum atomic E-state index is -0.976. The molecule has 9 N–H and O–H groups in total. The molecule has 3 aliphatic rings. The van der Waals surface area contributed by atoms with E-state index in [0.29, 0.717) is 11.3 Å². The molecule has 2 aliphatic heterocycles. The van der Waals surface area contributed by atoms with Crippen LogP contribution in [0.1, 0.15) is 131 Å². The van der Waals surface area contributed by atoms with E-state index in [2.05, 4.69) is 43.3 Å². The number of amides is 8. The second-order valence-corrected chi connectivity index (χ2v) is 22.3. The zero-order valence-electron chi connectivity index (χ0n) is 44.2. The molecule has 8 amide bonds. The Labute approximate surface area is 429 Å². The minimum Gasteiger partial charge on any atom is -0.368 e. The second kappa shape index (κ2) is 23.0. The molecule has 394 valence electrons. The van der Waals surface area contributed by atoms with Gasteiger partial charge >= 0.3 is 0 Å². The van der Waals surface area contributed by atoms with Crippen LogP contribution < -0.4 is 43.0 Å². The molecule has 0 radical (unpaired) electrons. The van der Waals surface area contributed by atoms with E-state index >= 15 is 0 Å². The maximum absolute atomic E-state index is 14.6. The highest BCUT2D eigenvalue weighted by Gasteiger charge is 2.47. The van der Waals surface area contributed by atoms with Crippen LogP contribution >= 0.6 is 0 Å². The summed E-state index contributed by atoms with van der Waals surface area (Å²) in [5.74, 6) is -3.58. The van der Waals surface area contributed by atoms with Crippen LogP contribution in [0.3, 0.4) is 0 Å². The van der Waals surface area contributed by atoms with Crippen LogP contribution in [0.5, 0.6) is 0 Å². The van der Waals surface area contributed by atoms with Crippen LogP contribution in [-0.4, -0.2) is 120 Å². The molecule has 73 heavy (non-hydrogen) atoms. The van der Waals surface area contributed by atoms with E-state index in [1.807, 2.05) is 73.6 Å². The van der Waals surface area contributed by atoms with Crippen LogP contribution in [-0.2, 0) is 48.2 Å². The lowest BCUT2D eigenvalue weighted by Gasteiger charge is -2.41. The van der Waals surface area contributed by atoms with Gasteiger partial charge in [-0.2, -0.15) is 0 Å². The summed E-state index contributed by atoms with van der Waals surface area (Å²) in [7, 11) is 3.34. The van der Waals surface area contributed by atoms with Gasteiger partial charge < -0.3 is 52.8 Å². The van der Waals surface area contributed by atoms with Crippen molar-refractivity contribution in [3.63, 3.8) is 0 Å². The standard InChI is InChI=1S/C55H76N10O8/c1-30(2)43(58-11)51(71)63-45(55(7,8)9)52(72)64-28-36-25-37(24-23-35(36)26-41(64)46(56)66)59-48(68)33-19-21-34(22-20-33)49(69)60-38-27-42(50(70)61-40-18-14-16-32-15-12-13-17-39(32)40)65(29-38)53(73)44(54(4,5)6)62-47(67)31(3)57-10/h12-13,15,17,19-25,30-31,38,40-45,57-58H,14,16,18,26-29H2,1-11H3,(H2,56,66)(H,59,68)(H,60,69)(H,61,70)(H,62,67)(H,63,71)/t31-,38-,40+,41-,42-,43?,44?,45+/m0/s1. The van der Waals surface area contributed by atoms with E-state index in [-0.39, 0.29) is 66.7 Å². The molecule has 2 unspecified atom stereocenters. The summed E-state index contributed by atoms with van der Waals surface area (Å²) in [6.45, 7) is 16.6. The maximum atomic E-state index is 14.6. The zero-order valence-corrected chi connectivity index (χ0v) is 44.2. The number of nitrogens with two attached hydrogens (primary N) is 1. The normalized spacial score (nSPS) is 20.3. The summed E-state index contributed by atoms with van der Waals surface area (Å²) in [4.78, 5) is 113. The highest BCUT2D eigenvalue weighted by atomic mass is 16.2. The lowest BCUT2D eigenvalue weighted by Crippen LogP contribution is -2.62. The van der Waals surface area contributed by atoms with Gasteiger partial charge in [-0.25, -0.2) is 0 Å². The maximum Gasteiger partial charge on any atom is 0.255 e. The molecule has 0 spiro atoms. The number of likely N-dealkylation sites (tertiary alicyclic amines) is 1. The number of nitrogens with zero attached hydrogens (tertiary/aromatic N) is 2. The van der Waals surface area contributed by atoms with E-state index in [1.54, 1.807) is 39.2 Å². The molecular formula is C55H76N10O8. The number of likely N-dealkylation sites (N-methyl/N-ethyl adjacent to an activating group) is 2. The van der Waals surface area contributed by atoms with Crippen molar-refractivity contribution < 1.29 is 38.4 Å². The van der Waals surface area contributed by atoms with Crippen LogP contribution in [0.15, 0.2) is 66.7 Å². The molecular weight excluding hydrogens is 929 g/mol. The predicted octanol–water partition coefficient (Wildman–Crippen LogP) is 3.48. The summed E-state index contributed by atoms with van der Waals surface area (Å²) in [5, 5.41) is 20.9. The first-order valence-electron chi connectivity index (χ1n) is 25.4. The smallest absolute Gasteiger partial charge is 0.255 e. The van der Waals surface area contributed by atoms with Gasteiger partial charge in [0.15, 0.2) is 0 Å². The van der Waals surface area contributed by atoms with Gasteiger partial charge in [0, 0.05) is 42.4 Å². The van der Waals surface area contributed by atoms with Crippen molar-refractivity contribution >= 4 is 52.9 Å². The number of rotatable bonds is 16. The number of carbonyl (C=O) groups excluding carboxylic acids is 8. The van der Waals surface area contributed by atoms with Crippen molar-refractivity contribution in [3.8, 4) is 0 Å². The van der Waals surface area contributed by atoms with E-state index < -0.39 is 82.7 Å². The Morgan fingerprint density at radius 1 is 0.671 bits per heavy atom. The number of fused-ring (bicyclic) bond motifs is 2. The van der Waals surface area contributed by atoms with Crippen molar-refractivity contribution in [2.24, 2.45) is 22.5 Å². The van der Waals surface area contributed by atoms with Crippen molar-refractivity contribution in [3.05, 3.63) is 100 Å². The van der Waals surface area contributed by atoms with Gasteiger partial charge in [-0.1, -0.05) is 85.7 Å². The van der Waals surface area contributed by atoms with Crippen molar-refractivity contribution in [2.45, 2.75) is 149 Å². The van der Waals surface area contributed by atoms with Gasteiger partial charge in [0.25, 0.3) is 11.8 Å². The van der Waals surface area contributed by atoms with E-state index in [1.165, 1.54) is 39.6 Å². The van der Waals surface area contributed by atoms with Gasteiger partial charge in [-0.05, 0) is 122 Å². The Bertz CT molecular complexity index is 2570. The average molecular weight is 1010 g/mol. The molecule has 3 aromatic carbocycles. The van der Waals surface area contributed by atoms with Crippen LogP contribution in [0.4, 0.5) is 5.69 Å². The first-order chi connectivity index (χ1) is 34.3.